The van der Waals surface area contributed by atoms with E-state index in [1.165, 1.54) is 23.2 Å². The van der Waals surface area contributed by atoms with E-state index in [0.717, 1.165) is 55.2 Å². The molecular formula is C24H25N5O3. The summed E-state index contributed by atoms with van der Waals surface area (Å²) in [4.78, 5) is 30.4. The van der Waals surface area contributed by atoms with Crippen LogP contribution in [0.1, 0.15) is 22.8 Å². The van der Waals surface area contributed by atoms with Gasteiger partial charge in [0, 0.05) is 68.0 Å². The number of carbonyl (C=O) groups is 2. The first-order valence-electron chi connectivity index (χ1n) is 10.5. The fourth-order valence-corrected chi connectivity index (χ4v) is 3.50. The van der Waals surface area contributed by atoms with Crippen LogP contribution in [0.2, 0.25) is 0 Å². The van der Waals surface area contributed by atoms with Gasteiger partial charge in [0.15, 0.2) is 0 Å². The molecule has 0 unspecified atom stereocenters. The second kappa shape index (κ2) is 10.1. The molecule has 8 heteroatoms. The first-order valence-corrected chi connectivity index (χ1v) is 10.5. The first-order chi connectivity index (χ1) is 15.6. The van der Waals surface area contributed by atoms with Crippen molar-refractivity contribution in [3.05, 3.63) is 72.3 Å². The molecule has 3 aromatic rings. The standard InChI is InChI=1S/C24H25N5O3/c1-18(30)29-17-21(15-26-29)23-8-9-25-14-20(23)4-7-24(31)27-22-5-2-19(3-6-22)16-28-10-12-32-13-11-28/h2-9,14-15,17H,10-13,16H2,1H3,(H,27,31). The summed E-state index contributed by atoms with van der Waals surface area (Å²) in [6.07, 6.45) is 9.79. The molecule has 2 aromatic heterocycles. The van der Waals surface area contributed by atoms with Crippen molar-refractivity contribution < 1.29 is 14.3 Å². The van der Waals surface area contributed by atoms with Gasteiger partial charge in [-0.1, -0.05) is 12.1 Å². The highest BCUT2D eigenvalue weighted by Gasteiger charge is 2.11. The number of anilines is 1. The summed E-state index contributed by atoms with van der Waals surface area (Å²) in [7, 11) is 0. The van der Waals surface area contributed by atoms with E-state index in [4.69, 9.17) is 4.74 Å². The number of aromatic nitrogens is 3. The summed E-state index contributed by atoms with van der Waals surface area (Å²) in [6.45, 7) is 5.76. The molecule has 1 aromatic carbocycles. The monoisotopic (exact) mass is 431 g/mol. The van der Waals surface area contributed by atoms with Crippen LogP contribution in [-0.4, -0.2) is 57.8 Å². The number of nitrogens with one attached hydrogen (secondary N) is 1. The van der Waals surface area contributed by atoms with E-state index in [0.29, 0.717) is 0 Å². The molecule has 0 aliphatic carbocycles. The Labute approximate surface area is 186 Å². The second-order valence-electron chi connectivity index (χ2n) is 7.56. The van der Waals surface area contributed by atoms with Crippen LogP contribution in [0.5, 0.6) is 0 Å². The molecule has 1 aliphatic rings. The maximum Gasteiger partial charge on any atom is 0.248 e. The maximum atomic E-state index is 12.4. The minimum atomic E-state index is -0.236. The minimum absolute atomic E-state index is 0.169. The molecule has 3 heterocycles. The van der Waals surface area contributed by atoms with E-state index in [-0.39, 0.29) is 11.8 Å². The molecule has 32 heavy (non-hydrogen) atoms. The lowest BCUT2D eigenvalue weighted by molar-refractivity contribution is -0.111. The fraction of sp³-hybridized carbons (Fsp3) is 0.250. The molecule has 1 N–H and O–H groups in total. The zero-order chi connectivity index (χ0) is 22.3. The number of carbonyl (C=O) groups excluding carboxylic acids is 2. The molecule has 1 saturated heterocycles. The Morgan fingerprint density at radius 3 is 2.62 bits per heavy atom. The Morgan fingerprint density at radius 2 is 1.91 bits per heavy atom. The van der Waals surface area contributed by atoms with Crippen molar-refractivity contribution in [1.82, 2.24) is 19.7 Å². The number of hydrogen-bond acceptors (Lipinski definition) is 6. The molecule has 4 rings (SSSR count). The molecule has 8 nitrogen and oxygen atoms in total. The average molecular weight is 431 g/mol. The lowest BCUT2D eigenvalue weighted by Crippen LogP contribution is -2.35. The number of hydrogen-bond donors (Lipinski definition) is 1. The molecule has 0 atom stereocenters. The van der Waals surface area contributed by atoms with Crippen molar-refractivity contribution in [1.29, 1.82) is 0 Å². The smallest absolute Gasteiger partial charge is 0.248 e. The number of ether oxygens (including phenoxy) is 1. The van der Waals surface area contributed by atoms with Crippen LogP contribution in [-0.2, 0) is 16.1 Å². The summed E-state index contributed by atoms with van der Waals surface area (Å²) < 4.78 is 6.66. The van der Waals surface area contributed by atoms with Gasteiger partial charge in [-0.05, 0) is 35.4 Å². The third-order valence-electron chi connectivity index (χ3n) is 5.21. The van der Waals surface area contributed by atoms with Gasteiger partial charge in [0.2, 0.25) is 11.8 Å². The molecular weight excluding hydrogens is 406 g/mol. The van der Waals surface area contributed by atoms with Crippen molar-refractivity contribution >= 4 is 23.6 Å². The highest BCUT2D eigenvalue weighted by Crippen LogP contribution is 2.23. The predicted molar refractivity (Wildman–Crippen MR) is 122 cm³/mol. The van der Waals surface area contributed by atoms with Crippen molar-refractivity contribution in [2.45, 2.75) is 13.5 Å². The van der Waals surface area contributed by atoms with Gasteiger partial charge >= 0.3 is 0 Å². The van der Waals surface area contributed by atoms with E-state index in [2.05, 4.69) is 20.3 Å². The normalized spacial score (nSPS) is 14.5. The van der Waals surface area contributed by atoms with Crippen LogP contribution in [0.4, 0.5) is 5.69 Å². The van der Waals surface area contributed by atoms with E-state index >= 15 is 0 Å². The van der Waals surface area contributed by atoms with Gasteiger partial charge < -0.3 is 10.1 Å². The van der Waals surface area contributed by atoms with Crippen LogP contribution in [0, 0.1) is 0 Å². The van der Waals surface area contributed by atoms with Gasteiger partial charge in [0.25, 0.3) is 0 Å². The first kappa shape index (κ1) is 21.6. The van der Waals surface area contributed by atoms with E-state index in [1.54, 1.807) is 30.9 Å². The Hall–Kier alpha value is -3.62. The lowest BCUT2D eigenvalue weighted by atomic mass is 10.0. The van der Waals surface area contributed by atoms with Crippen molar-refractivity contribution in [2.24, 2.45) is 0 Å². The minimum Gasteiger partial charge on any atom is -0.379 e. The molecule has 1 aliphatic heterocycles. The molecule has 0 bridgehead atoms. The van der Waals surface area contributed by atoms with Crippen LogP contribution >= 0.6 is 0 Å². The Kier molecular flexibility index (Phi) is 6.84. The number of pyridine rings is 1. The Bertz CT molecular complexity index is 1110. The van der Waals surface area contributed by atoms with Crippen molar-refractivity contribution in [2.75, 3.05) is 31.6 Å². The second-order valence-corrected chi connectivity index (χ2v) is 7.56. The third kappa shape index (κ3) is 5.54. The Balaban J connectivity index is 1.39. The summed E-state index contributed by atoms with van der Waals surface area (Å²) in [6, 6.07) is 9.70. The largest absolute Gasteiger partial charge is 0.379 e. The molecule has 0 saturated carbocycles. The topological polar surface area (TPSA) is 89.4 Å². The Morgan fingerprint density at radius 1 is 1.12 bits per heavy atom. The molecule has 0 radical (unpaired) electrons. The summed E-state index contributed by atoms with van der Waals surface area (Å²) in [5, 5.41) is 6.94. The molecule has 1 fully saturated rings. The average Bonchev–Trinajstić information content (AvgIpc) is 3.31. The molecule has 0 spiro atoms. The predicted octanol–water partition coefficient (Wildman–Crippen LogP) is 3.09. The van der Waals surface area contributed by atoms with Crippen LogP contribution < -0.4 is 5.32 Å². The SMILES string of the molecule is CC(=O)n1cc(-c2ccncc2C=CC(=O)Nc2ccc(CN3CCOCC3)cc2)cn1. The highest BCUT2D eigenvalue weighted by atomic mass is 16.5. The van der Waals surface area contributed by atoms with Gasteiger partial charge in [-0.15, -0.1) is 0 Å². The van der Waals surface area contributed by atoms with Gasteiger partial charge in [0.1, 0.15) is 0 Å². The number of benzene rings is 1. The van der Waals surface area contributed by atoms with Gasteiger partial charge in [-0.2, -0.15) is 5.10 Å². The fourth-order valence-electron chi connectivity index (χ4n) is 3.50. The lowest BCUT2D eigenvalue weighted by Gasteiger charge is -2.26. The quantitative estimate of drug-likeness (QED) is 0.604. The molecule has 1 amide bonds. The zero-order valence-electron chi connectivity index (χ0n) is 17.9. The summed E-state index contributed by atoms with van der Waals surface area (Å²) in [5.74, 6) is -0.405. The summed E-state index contributed by atoms with van der Waals surface area (Å²) in [5.41, 5.74) is 4.31. The number of rotatable bonds is 6. The van der Waals surface area contributed by atoms with Gasteiger partial charge in [0.05, 0.1) is 19.4 Å². The maximum absolute atomic E-state index is 12.4. The van der Waals surface area contributed by atoms with Gasteiger partial charge in [-0.25, -0.2) is 4.68 Å². The van der Waals surface area contributed by atoms with Crippen molar-refractivity contribution in [3.8, 4) is 11.1 Å². The molecule has 164 valence electrons. The van der Waals surface area contributed by atoms with E-state index in [9.17, 15) is 9.59 Å². The number of amides is 1. The van der Waals surface area contributed by atoms with E-state index in [1.807, 2.05) is 30.3 Å². The third-order valence-corrected chi connectivity index (χ3v) is 5.21. The number of nitrogens with zero attached hydrogens (tertiary/aromatic N) is 4. The number of morpholine rings is 1. The van der Waals surface area contributed by atoms with Crippen LogP contribution in [0.3, 0.4) is 0 Å². The van der Waals surface area contributed by atoms with Crippen LogP contribution in [0.15, 0.2) is 61.2 Å². The highest BCUT2D eigenvalue weighted by molar-refractivity contribution is 6.02. The van der Waals surface area contributed by atoms with Gasteiger partial charge in [-0.3, -0.25) is 19.5 Å². The zero-order valence-corrected chi connectivity index (χ0v) is 17.9. The van der Waals surface area contributed by atoms with E-state index < -0.39 is 0 Å². The summed E-state index contributed by atoms with van der Waals surface area (Å²) >= 11 is 0. The van der Waals surface area contributed by atoms with Crippen molar-refractivity contribution in [3.63, 3.8) is 0 Å². The van der Waals surface area contributed by atoms with Crippen LogP contribution in [0.25, 0.3) is 17.2 Å².